The van der Waals surface area contributed by atoms with Gasteiger partial charge in [0.1, 0.15) is 0 Å². The molecule has 0 atom stereocenters. The first kappa shape index (κ1) is 96.7. The summed E-state index contributed by atoms with van der Waals surface area (Å²) in [6.07, 6.45) is -73.9. The zero-order valence-electron chi connectivity index (χ0n) is 46.0. The second-order valence-corrected chi connectivity index (χ2v) is 26.0. The van der Waals surface area contributed by atoms with Crippen LogP contribution in [0.3, 0.4) is 0 Å². The van der Waals surface area contributed by atoms with Gasteiger partial charge in [0, 0.05) is 38.5 Å². The van der Waals surface area contributed by atoms with Crippen molar-refractivity contribution in [2.45, 2.75) is 182 Å². The molecule has 0 unspecified atom stereocenters. The molecule has 9 nitrogen and oxygen atoms in total. The summed E-state index contributed by atoms with van der Waals surface area (Å²) in [5, 5.41) is 0. The fourth-order valence-electron chi connectivity index (χ4n) is 6.05. The van der Waals surface area contributed by atoms with Crippen LogP contribution in [0.2, 0.25) is 0 Å². The molecular formula is C36H24F54N3O6P3. The van der Waals surface area contributed by atoms with E-state index in [4.69, 9.17) is 0 Å². The predicted molar refractivity (Wildman–Crippen MR) is 217 cm³/mol. The van der Waals surface area contributed by atoms with Crippen molar-refractivity contribution in [1.82, 2.24) is 0 Å². The summed E-state index contributed by atoms with van der Waals surface area (Å²) >= 11 is 0. The van der Waals surface area contributed by atoms with E-state index in [1.807, 2.05) is 0 Å². The van der Waals surface area contributed by atoms with Crippen LogP contribution in [0.1, 0.15) is 38.5 Å². The van der Waals surface area contributed by atoms with Gasteiger partial charge >= 0.3 is 167 Å². The number of halogens is 54. The first-order valence-electron chi connectivity index (χ1n) is 23.9. The highest BCUT2D eigenvalue weighted by atomic mass is 31.3. The third-order valence-corrected chi connectivity index (χ3v) is 20.5. The van der Waals surface area contributed by atoms with Crippen molar-refractivity contribution >= 4 is 23.0 Å². The minimum Gasteiger partial charge on any atom is -0.306 e. The Kier molecular flexibility index (Phi) is 26.8. The molecule has 1 rings (SSSR count). The summed E-state index contributed by atoms with van der Waals surface area (Å²) in [5.41, 5.74) is 0. The summed E-state index contributed by atoms with van der Waals surface area (Å²) in [6.45, 7) is -23.1. The molecule has 0 saturated carbocycles. The fourth-order valence-corrected chi connectivity index (χ4v) is 15.5. The van der Waals surface area contributed by atoms with Crippen molar-refractivity contribution in [1.29, 1.82) is 0 Å². The molecule has 1 heterocycles. The Bertz CT molecular complexity index is 2520. The molecule has 0 aromatic heterocycles. The Morgan fingerprint density at radius 2 is 0.235 bits per heavy atom. The van der Waals surface area contributed by atoms with Gasteiger partial charge in [-0.3, -0.25) is 0 Å². The molecule has 66 heteroatoms. The minimum atomic E-state index is -8.34. The highest BCUT2D eigenvalue weighted by molar-refractivity contribution is 7.78. The van der Waals surface area contributed by atoms with Crippen molar-refractivity contribution in [3.63, 3.8) is 0 Å². The second kappa shape index (κ2) is 28.3. The van der Waals surface area contributed by atoms with E-state index in [-0.39, 0.29) is 0 Å². The van der Waals surface area contributed by atoms with Crippen LogP contribution in [0, 0.1) is 0 Å². The van der Waals surface area contributed by atoms with E-state index < -0.39 is 245 Å². The molecule has 0 radical (unpaired) electrons. The van der Waals surface area contributed by atoms with E-state index in [0.29, 0.717) is 0 Å². The monoisotopic (exact) mass is 1710 g/mol. The molecule has 102 heavy (non-hydrogen) atoms. The molecule has 0 aromatic carbocycles. The Morgan fingerprint density at radius 3 is 0.314 bits per heavy atom. The van der Waals surface area contributed by atoms with Gasteiger partial charge in [0.25, 0.3) is 0 Å². The van der Waals surface area contributed by atoms with Crippen LogP contribution in [-0.2, 0) is 27.1 Å². The summed E-state index contributed by atoms with van der Waals surface area (Å²) < 4.78 is 780. The average Bonchev–Trinajstić information content (AvgIpc) is 0.761. The SMILES string of the molecule is FC(F)(F)C(F)(F)C(F)(F)C(F)(F)CCOP1(OCCC(F)(F)C(F)(F)C(F)(F)C(F)(F)F)=NP(OCCC(F)(F)C(F)(F)C(F)(F)C(F)(F)F)(OCCC(F)(F)C(F)(F)C(F)(F)C(F)(F)F)=NP(OCCC(F)(F)C(F)(F)C(F)(F)C(F)(F)F)(OCCC(F)(F)C(F)(F)C(F)(F)C(F)(F)F)=N1. The van der Waals surface area contributed by atoms with Crippen molar-refractivity contribution in [3.05, 3.63) is 0 Å². The van der Waals surface area contributed by atoms with Crippen LogP contribution in [0.4, 0.5) is 237 Å². The average molecular weight is 1710 g/mol. The summed E-state index contributed by atoms with van der Waals surface area (Å²) in [7, 11) is -25.0. The maximum absolute atomic E-state index is 14.9. The molecule has 0 amide bonds. The molecule has 0 aliphatic carbocycles. The van der Waals surface area contributed by atoms with Gasteiger partial charge in [0.05, 0.1) is 39.6 Å². The number of hydrogen-bond donors (Lipinski definition) is 0. The lowest BCUT2D eigenvalue weighted by Crippen LogP contribution is -2.61. The van der Waals surface area contributed by atoms with Gasteiger partial charge in [-0.2, -0.15) is 237 Å². The van der Waals surface area contributed by atoms with Gasteiger partial charge in [-0.15, -0.1) is 13.5 Å². The third kappa shape index (κ3) is 17.5. The minimum absolute atomic E-state index is 2.07. The molecule has 0 spiro atoms. The molecular weight excluding hydrogens is 1690 g/mol. The Morgan fingerprint density at radius 1 is 0.147 bits per heavy atom. The number of rotatable bonds is 36. The van der Waals surface area contributed by atoms with Gasteiger partial charge in [-0.25, -0.2) is 0 Å². The van der Waals surface area contributed by atoms with Crippen molar-refractivity contribution in [2.24, 2.45) is 13.5 Å². The van der Waals surface area contributed by atoms with E-state index in [2.05, 4.69) is 40.7 Å². The predicted octanol–water partition coefficient (Wildman–Crippen LogP) is 23.1. The van der Waals surface area contributed by atoms with E-state index in [9.17, 15) is 237 Å². The normalized spacial score (nSPS) is 18.3. The number of hydrogen-bond acceptors (Lipinski definition) is 9. The summed E-state index contributed by atoms with van der Waals surface area (Å²) in [6, 6.07) is 0. The number of nitrogens with zero attached hydrogens (tertiary/aromatic N) is 3. The topological polar surface area (TPSA) is 92.5 Å². The van der Waals surface area contributed by atoms with Gasteiger partial charge in [-0.1, -0.05) is 0 Å². The molecule has 1 aliphatic rings. The second-order valence-electron chi connectivity index (χ2n) is 19.3. The Labute approximate surface area is 523 Å². The van der Waals surface area contributed by atoms with Crippen LogP contribution in [0.5, 0.6) is 0 Å². The molecule has 0 aromatic rings. The van der Waals surface area contributed by atoms with Gasteiger partial charge < -0.3 is 27.1 Å². The smallest absolute Gasteiger partial charge is 0.306 e. The first-order valence-corrected chi connectivity index (χ1v) is 28.4. The van der Waals surface area contributed by atoms with Crippen molar-refractivity contribution in [3.8, 4) is 0 Å². The molecule has 612 valence electrons. The van der Waals surface area contributed by atoms with Crippen molar-refractivity contribution < 1.29 is 264 Å². The lowest BCUT2D eigenvalue weighted by atomic mass is 10.0. The summed E-state index contributed by atoms with van der Waals surface area (Å²) in [4.78, 5) is 0. The van der Waals surface area contributed by atoms with E-state index in [1.54, 1.807) is 0 Å². The van der Waals surface area contributed by atoms with E-state index in [0.717, 1.165) is 0 Å². The van der Waals surface area contributed by atoms with Gasteiger partial charge in [0.2, 0.25) is 0 Å². The molecule has 0 saturated heterocycles. The lowest BCUT2D eigenvalue weighted by molar-refractivity contribution is -0.397. The highest BCUT2D eigenvalue weighted by Crippen LogP contribution is 2.81. The quantitative estimate of drug-likeness (QED) is 0.0458. The zero-order valence-corrected chi connectivity index (χ0v) is 48.7. The zero-order chi connectivity index (χ0) is 82.3. The van der Waals surface area contributed by atoms with Crippen LogP contribution >= 0.6 is 23.0 Å². The van der Waals surface area contributed by atoms with Crippen LogP contribution in [0.15, 0.2) is 13.5 Å². The van der Waals surface area contributed by atoms with Crippen molar-refractivity contribution in [2.75, 3.05) is 39.6 Å². The van der Waals surface area contributed by atoms with Crippen LogP contribution in [0.25, 0.3) is 0 Å². The Hall–Kier alpha value is -3.33. The largest absolute Gasteiger partial charge is 0.460 e. The fraction of sp³-hybridized carbons (Fsp3) is 1.00. The number of alkyl halides is 54. The first-order chi connectivity index (χ1) is 43.9. The lowest BCUT2D eigenvalue weighted by Gasteiger charge is -2.37. The molecule has 0 N–H and O–H groups in total. The van der Waals surface area contributed by atoms with E-state index >= 15 is 0 Å². The van der Waals surface area contributed by atoms with Crippen LogP contribution < -0.4 is 0 Å². The van der Waals surface area contributed by atoms with Gasteiger partial charge in [-0.05, 0) is 0 Å². The van der Waals surface area contributed by atoms with Gasteiger partial charge in [0.15, 0.2) is 0 Å². The maximum Gasteiger partial charge on any atom is 0.460 e. The standard InChI is InChI=1S/C36H24F54N3O6P3/c37-13(38,19(49,50)25(61,62)31(73,74)75)1-7-94-100(95-8-2-14(39,40)20(51,52)26(63,64)32(76,77)78)91-101(96-9-3-15(41,42)21(53,54)27(65,66)33(79,80)81,97-10-4-16(43,44)22(55,56)28(67,68)34(82,83)84)93-102(92-100,98-11-5-17(45,46)23(57,58)29(69,70)35(85,86)87)99-12-6-18(47,48)24(59,60)30(71,72)36(88,89)90/h1-12H2. The summed E-state index contributed by atoms with van der Waals surface area (Å²) in [5.74, 6) is -146. The molecule has 0 fully saturated rings. The Balaban J connectivity index is 5.45. The molecule has 1 aliphatic heterocycles. The highest BCUT2D eigenvalue weighted by Gasteiger charge is 2.87. The maximum atomic E-state index is 14.9. The van der Waals surface area contributed by atoms with Crippen LogP contribution in [-0.4, -0.2) is 183 Å². The third-order valence-electron chi connectivity index (χ3n) is 12.0. The van der Waals surface area contributed by atoms with E-state index in [1.165, 1.54) is 0 Å². The molecule has 0 bridgehead atoms.